The molecular weight excluding hydrogens is 375 g/mol. The van der Waals surface area contributed by atoms with Crippen molar-refractivity contribution in [3.63, 3.8) is 0 Å². The fourth-order valence-corrected chi connectivity index (χ4v) is 2.69. The molecule has 5 nitrogen and oxygen atoms in total. The van der Waals surface area contributed by atoms with Crippen LogP contribution in [0.1, 0.15) is 18.1 Å². The number of ether oxygens (including phenoxy) is 1. The van der Waals surface area contributed by atoms with Crippen LogP contribution in [0.2, 0.25) is 0 Å². The van der Waals surface area contributed by atoms with Gasteiger partial charge in [-0.2, -0.15) is 13.2 Å². The first-order chi connectivity index (χ1) is 13.1. The van der Waals surface area contributed by atoms with Crippen LogP contribution in [-0.2, 0) is 22.2 Å². The molecule has 0 unspecified atom stereocenters. The van der Waals surface area contributed by atoms with Gasteiger partial charge in [-0.15, -0.1) is 0 Å². The number of carboxylic acids is 1. The Labute approximate surface area is 160 Å². The molecule has 0 aliphatic heterocycles. The summed E-state index contributed by atoms with van der Waals surface area (Å²) < 4.78 is 43.4. The van der Waals surface area contributed by atoms with Crippen LogP contribution in [0.5, 0.6) is 5.75 Å². The van der Waals surface area contributed by atoms with Crippen LogP contribution in [-0.4, -0.2) is 19.0 Å². The molecule has 8 heteroatoms. The predicted molar refractivity (Wildman–Crippen MR) is 94.4 cm³/mol. The summed E-state index contributed by atoms with van der Waals surface area (Å²) in [6.07, 6.45) is -4.52. The van der Waals surface area contributed by atoms with E-state index >= 15 is 0 Å². The lowest BCUT2D eigenvalue weighted by molar-refractivity contribution is -0.312. The number of anilines is 1. The molecule has 150 valence electrons. The quantitative estimate of drug-likeness (QED) is 0.783. The molecule has 2 atom stereocenters. The van der Waals surface area contributed by atoms with Crippen LogP contribution in [0.4, 0.5) is 18.9 Å². The smallest absolute Gasteiger partial charge is 0.416 e. The van der Waals surface area contributed by atoms with Crippen molar-refractivity contribution in [3.8, 4) is 5.75 Å². The molecule has 1 N–H and O–H groups in total. The lowest BCUT2D eigenvalue weighted by atomic mass is 9.87. The Bertz CT molecular complexity index is 834. The number of alkyl halides is 3. The number of nitrogens with one attached hydrogen (secondary N) is 1. The van der Waals surface area contributed by atoms with Crippen molar-refractivity contribution in [2.75, 3.05) is 12.4 Å². The molecule has 2 aromatic rings. The van der Waals surface area contributed by atoms with E-state index in [1.165, 1.54) is 20.1 Å². The van der Waals surface area contributed by atoms with E-state index in [0.717, 1.165) is 18.2 Å². The van der Waals surface area contributed by atoms with Crippen molar-refractivity contribution in [1.29, 1.82) is 0 Å². The molecule has 0 aliphatic carbocycles. The van der Waals surface area contributed by atoms with Gasteiger partial charge >= 0.3 is 6.18 Å². The second-order valence-electron chi connectivity index (χ2n) is 6.33. The Morgan fingerprint density at radius 1 is 1.14 bits per heavy atom. The molecule has 2 rings (SSSR count). The van der Waals surface area contributed by atoms with Crippen molar-refractivity contribution in [1.82, 2.24) is 0 Å². The summed E-state index contributed by atoms with van der Waals surface area (Å²) in [5.74, 6) is -3.70. The number of aliphatic carboxylic acids is 1. The van der Waals surface area contributed by atoms with Gasteiger partial charge in [-0.25, -0.2) is 0 Å². The molecular formula is C20H19F3NO4-. The number of halogens is 3. The van der Waals surface area contributed by atoms with Gasteiger partial charge in [0.1, 0.15) is 5.75 Å². The van der Waals surface area contributed by atoms with Crippen LogP contribution < -0.4 is 15.2 Å². The van der Waals surface area contributed by atoms with Crippen molar-refractivity contribution in [2.45, 2.75) is 19.5 Å². The van der Waals surface area contributed by atoms with Gasteiger partial charge in [0.2, 0.25) is 5.91 Å². The van der Waals surface area contributed by atoms with Crippen LogP contribution in [0.3, 0.4) is 0 Å². The first kappa shape index (κ1) is 21.3. The third-order valence-electron chi connectivity index (χ3n) is 4.39. The second kappa shape index (κ2) is 8.77. The summed E-state index contributed by atoms with van der Waals surface area (Å²) in [6, 6.07) is 10.8. The number of carbonyl (C=O) groups excluding carboxylic acids is 2. The fourth-order valence-electron chi connectivity index (χ4n) is 2.69. The Morgan fingerprint density at radius 3 is 2.32 bits per heavy atom. The van der Waals surface area contributed by atoms with E-state index in [-0.39, 0.29) is 12.1 Å². The summed E-state index contributed by atoms with van der Waals surface area (Å²) in [5.41, 5.74) is -0.311. The van der Waals surface area contributed by atoms with Crippen molar-refractivity contribution in [3.05, 3.63) is 59.7 Å². The lowest BCUT2D eigenvalue weighted by Gasteiger charge is -2.24. The number of rotatable bonds is 7. The van der Waals surface area contributed by atoms with Crippen molar-refractivity contribution in [2.24, 2.45) is 11.8 Å². The predicted octanol–water partition coefficient (Wildman–Crippen LogP) is 2.90. The molecule has 0 heterocycles. The average Bonchev–Trinajstić information content (AvgIpc) is 2.65. The number of amides is 1. The maximum atomic E-state index is 12.8. The highest BCUT2D eigenvalue weighted by molar-refractivity contribution is 5.94. The van der Waals surface area contributed by atoms with Crippen LogP contribution in [0, 0.1) is 11.8 Å². The van der Waals surface area contributed by atoms with E-state index in [9.17, 15) is 27.9 Å². The zero-order valence-corrected chi connectivity index (χ0v) is 15.2. The third kappa shape index (κ3) is 5.48. The van der Waals surface area contributed by atoms with E-state index in [0.29, 0.717) is 11.3 Å². The van der Waals surface area contributed by atoms with Crippen molar-refractivity contribution >= 4 is 17.6 Å². The molecule has 0 saturated heterocycles. The lowest BCUT2D eigenvalue weighted by Crippen LogP contribution is -2.40. The van der Waals surface area contributed by atoms with E-state index < -0.39 is 35.5 Å². The Morgan fingerprint density at radius 2 is 1.79 bits per heavy atom. The molecule has 0 radical (unpaired) electrons. The standard InChI is InChI=1S/C20H20F3NO4/c1-12(17(19(26)27)10-13-6-8-16(28-2)9-7-13)18(25)24-15-5-3-4-14(11-15)20(21,22)23/h3-9,11-12,17H,10H2,1-2H3,(H,24,25)(H,26,27)/p-1/t12-,17+/m0/s1. The van der Waals surface area contributed by atoms with E-state index in [1.54, 1.807) is 24.3 Å². The number of hydrogen-bond acceptors (Lipinski definition) is 4. The van der Waals surface area contributed by atoms with Crippen molar-refractivity contribution < 1.29 is 32.6 Å². The normalized spacial score (nSPS) is 13.5. The molecule has 1 amide bonds. The number of carbonyl (C=O) groups is 2. The Balaban J connectivity index is 2.12. The zero-order valence-electron chi connectivity index (χ0n) is 15.2. The highest BCUT2D eigenvalue weighted by Crippen LogP contribution is 2.31. The largest absolute Gasteiger partial charge is 0.550 e. The van der Waals surface area contributed by atoms with Gasteiger partial charge in [0.15, 0.2) is 0 Å². The zero-order chi connectivity index (χ0) is 20.9. The minimum atomic E-state index is -4.55. The maximum absolute atomic E-state index is 12.8. The highest BCUT2D eigenvalue weighted by atomic mass is 19.4. The summed E-state index contributed by atoms with van der Waals surface area (Å²) in [4.78, 5) is 24.0. The molecule has 0 fully saturated rings. The SMILES string of the molecule is COc1ccc(C[C@@H](C(=O)[O-])[C@H](C)C(=O)Nc2cccc(C(F)(F)F)c2)cc1. The summed E-state index contributed by atoms with van der Waals surface area (Å²) in [6.45, 7) is 1.40. The van der Waals surface area contributed by atoms with Crippen LogP contribution in [0.25, 0.3) is 0 Å². The van der Waals surface area contributed by atoms with Crippen LogP contribution >= 0.6 is 0 Å². The molecule has 0 aliphatic rings. The Hall–Kier alpha value is -3.03. The first-order valence-electron chi connectivity index (χ1n) is 8.43. The van der Waals surface area contributed by atoms with E-state index in [4.69, 9.17) is 4.74 Å². The summed E-state index contributed by atoms with van der Waals surface area (Å²) in [7, 11) is 1.50. The third-order valence-corrected chi connectivity index (χ3v) is 4.39. The number of benzene rings is 2. The summed E-state index contributed by atoms with van der Waals surface area (Å²) in [5, 5.41) is 13.9. The second-order valence-corrected chi connectivity index (χ2v) is 6.33. The number of carboxylic acid groups (broad SMARTS) is 1. The van der Waals surface area contributed by atoms with Gasteiger partial charge in [0.25, 0.3) is 0 Å². The van der Waals surface area contributed by atoms with E-state index in [1.807, 2.05) is 0 Å². The maximum Gasteiger partial charge on any atom is 0.416 e. The first-order valence-corrected chi connectivity index (χ1v) is 8.43. The monoisotopic (exact) mass is 394 g/mol. The average molecular weight is 394 g/mol. The topological polar surface area (TPSA) is 78.5 Å². The number of hydrogen-bond donors (Lipinski definition) is 1. The van der Waals surface area contributed by atoms with Gasteiger partial charge in [-0.05, 0) is 42.3 Å². The van der Waals surface area contributed by atoms with E-state index in [2.05, 4.69) is 5.32 Å². The minimum Gasteiger partial charge on any atom is -0.550 e. The molecule has 28 heavy (non-hydrogen) atoms. The van der Waals surface area contributed by atoms with Gasteiger partial charge in [0, 0.05) is 23.5 Å². The van der Waals surface area contributed by atoms with Gasteiger partial charge in [0.05, 0.1) is 12.7 Å². The van der Waals surface area contributed by atoms with Gasteiger partial charge < -0.3 is 20.0 Å². The Kier molecular flexibility index (Phi) is 6.66. The highest BCUT2D eigenvalue weighted by Gasteiger charge is 2.31. The van der Waals surface area contributed by atoms with Crippen LogP contribution in [0.15, 0.2) is 48.5 Å². The van der Waals surface area contributed by atoms with Gasteiger partial charge in [-0.3, -0.25) is 4.79 Å². The molecule has 2 aromatic carbocycles. The molecule has 0 saturated carbocycles. The summed E-state index contributed by atoms with van der Waals surface area (Å²) >= 11 is 0. The number of methoxy groups -OCH3 is 1. The fraction of sp³-hybridized carbons (Fsp3) is 0.300. The molecule has 0 spiro atoms. The molecule has 0 aromatic heterocycles. The molecule has 0 bridgehead atoms. The van der Waals surface area contributed by atoms with Gasteiger partial charge in [-0.1, -0.05) is 25.1 Å². The minimum absolute atomic E-state index is 0.0313.